The number of nitrogens with one attached hydrogen (secondary N) is 2. The van der Waals surface area contributed by atoms with E-state index < -0.39 is 0 Å². The van der Waals surface area contributed by atoms with Crippen molar-refractivity contribution >= 4 is 5.91 Å². The summed E-state index contributed by atoms with van der Waals surface area (Å²) in [6, 6.07) is 8.02. The van der Waals surface area contributed by atoms with Gasteiger partial charge in [0.05, 0.1) is 12.6 Å². The summed E-state index contributed by atoms with van der Waals surface area (Å²) in [5.41, 5.74) is 2.25. The van der Waals surface area contributed by atoms with Crippen molar-refractivity contribution in [2.24, 2.45) is 5.92 Å². The van der Waals surface area contributed by atoms with Crippen LogP contribution in [-0.4, -0.2) is 25.6 Å². The molecule has 0 aromatic heterocycles. The fourth-order valence-corrected chi connectivity index (χ4v) is 2.90. The van der Waals surface area contributed by atoms with Gasteiger partial charge in [0.15, 0.2) is 0 Å². The lowest BCUT2D eigenvalue weighted by atomic mass is 9.90. The van der Waals surface area contributed by atoms with Crippen LogP contribution in [0.4, 0.5) is 0 Å². The summed E-state index contributed by atoms with van der Waals surface area (Å²) >= 11 is 0. The van der Waals surface area contributed by atoms with E-state index >= 15 is 0 Å². The van der Waals surface area contributed by atoms with Crippen LogP contribution < -0.4 is 10.6 Å². The van der Waals surface area contributed by atoms with Crippen LogP contribution >= 0.6 is 0 Å². The van der Waals surface area contributed by atoms with Crippen molar-refractivity contribution in [3.63, 3.8) is 0 Å². The van der Waals surface area contributed by atoms with Crippen molar-refractivity contribution in [2.75, 3.05) is 13.7 Å². The fourth-order valence-electron chi connectivity index (χ4n) is 2.90. The first kappa shape index (κ1) is 16.0. The van der Waals surface area contributed by atoms with Crippen molar-refractivity contribution in [3.8, 4) is 0 Å². The van der Waals surface area contributed by atoms with Gasteiger partial charge in [-0.05, 0) is 36.4 Å². The number of ether oxygens (including phenoxy) is 1. The molecule has 2 rings (SSSR count). The van der Waals surface area contributed by atoms with E-state index in [2.05, 4.69) is 17.6 Å². The summed E-state index contributed by atoms with van der Waals surface area (Å²) in [6.07, 6.45) is 3.28. The quantitative estimate of drug-likeness (QED) is 0.844. The summed E-state index contributed by atoms with van der Waals surface area (Å²) in [5, 5.41) is 6.38. The molecule has 0 aliphatic carbocycles. The van der Waals surface area contributed by atoms with Gasteiger partial charge in [0.25, 0.3) is 0 Å². The second-order valence-electron chi connectivity index (χ2n) is 5.72. The molecule has 1 aliphatic rings. The number of carbonyl (C=O) groups is 1. The number of methoxy groups -OCH3 is 1. The number of amides is 1. The Labute approximate surface area is 127 Å². The Hall–Kier alpha value is -1.39. The highest BCUT2D eigenvalue weighted by Crippen LogP contribution is 2.19. The van der Waals surface area contributed by atoms with E-state index in [1.165, 1.54) is 6.42 Å². The number of hydrogen-bond donors (Lipinski definition) is 2. The molecule has 1 aliphatic heterocycles. The van der Waals surface area contributed by atoms with Crippen LogP contribution in [0.5, 0.6) is 0 Å². The van der Waals surface area contributed by atoms with Gasteiger partial charge >= 0.3 is 0 Å². The minimum Gasteiger partial charge on any atom is -0.380 e. The van der Waals surface area contributed by atoms with Crippen molar-refractivity contribution in [2.45, 2.75) is 45.4 Å². The Morgan fingerprint density at radius 3 is 2.86 bits per heavy atom. The lowest BCUT2D eigenvalue weighted by Crippen LogP contribution is -2.48. The molecular weight excluding hydrogens is 264 g/mol. The average molecular weight is 290 g/mol. The van der Waals surface area contributed by atoms with Crippen LogP contribution in [0.25, 0.3) is 0 Å². The Kier molecular flexibility index (Phi) is 6.21. The van der Waals surface area contributed by atoms with Gasteiger partial charge in [0.2, 0.25) is 5.91 Å². The van der Waals surface area contributed by atoms with Crippen molar-refractivity contribution in [1.82, 2.24) is 10.6 Å². The molecule has 2 unspecified atom stereocenters. The molecular formula is C17H26N2O2. The molecule has 4 heteroatoms. The topological polar surface area (TPSA) is 50.4 Å². The Morgan fingerprint density at radius 2 is 2.14 bits per heavy atom. The number of hydrogen-bond acceptors (Lipinski definition) is 3. The molecule has 4 nitrogen and oxygen atoms in total. The number of benzene rings is 1. The maximum atomic E-state index is 12.3. The molecule has 2 atom stereocenters. The molecule has 2 N–H and O–H groups in total. The molecule has 0 spiro atoms. The molecule has 1 aromatic carbocycles. The highest BCUT2D eigenvalue weighted by atomic mass is 16.5. The first-order valence-corrected chi connectivity index (χ1v) is 7.81. The third-order valence-electron chi connectivity index (χ3n) is 4.28. The molecule has 1 aromatic rings. The van der Waals surface area contributed by atoms with E-state index in [0.717, 1.165) is 30.5 Å². The highest BCUT2D eigenvalue weighted by Gasteiger charge is 2.25. The number of carbonyl (C=O) groups excluding carboxylic acids is 1. The Bertz CT molecular complexity index is 462. The summed E-state index contributed by atoms with van der Waals surface area (Å²) in [7, 11) is 1.69. The SMILES string of the molecule is CCC1CCNC(C(=O)NCc2ccccc2COC)C1. The third-order valence-corrected chi connectivity index (χ3v) is 4.28. The van der Waals surface area contributed by atoms with E-state index in [1.807, 2.05) is 24.3 Å². The molecule has 1 saturated heterocycles. The Morgan fingerprint density at radius 1 is 1.38 bits per heavy atom. The molecule has 1 fully saturated rings. The first-order valence-electron chi connectivity index (χ1n) is 7.81. The minimum atomic E-state index is -0.0433. The zero-order valence-electron chi connectivity index (χ0n) is 13.0. The first-order chi connectivity index (χ1) is 10.2. The summed E-state index contributed by atoms with van der Waals surface area (Å²) in [4.78, 5) is 12.3. The zero-order valence-corrected chi connectivity index (χ0v) is 13.0. The van der Waals surface area contributed by atoms with Gasteiger partial charge in [-0.15, -0.1) is 0 Å². The summed E-state index contributed by atoms with van der Waals surface area (Å²) < 4.78 is 5.20. The van der Waals surface area contributed by atoms with Crippen LogP contribution in [0.1, 0.15) is 37.3 Å². The number of piperidine rings is 1. The van der Waals surface area contributed by atoms with E-state index in [0.29, 0.717) is 19.1 Å². The van der Waals surface area contributed by atoms with Crippen molar-refractivity contribution < 1.29 is 9.53 Å². The molecule has 0 bridgehead atoms. The molecule has 1 heterocycles. The van der Waals surface area contributed by atoms with Crippen molar-refractivity contribution in [1.29, 1.82) is 0 Å². The Balaban J connectivity index is 1.89. The third kappa shape index (κ3) is 4.55. The maximum Gasteiger partial charge on any atom is 0.237 e. The monoisotopic (exact) mass is 290 g/mol. The molecule has 21 heavy (non-hydrogen) atoms. The van der Waals surface area contributed by atoms with Gasteiger partial charge in [0, 0.05) is 13.7 Å². The normalized spacial score (nSPS) is 22.0. The maximum absolute atomic E-state index is 12.3. The second kappa shape index (κ2) is 8.15. The lowest BCUT2D eigenvalue weighted by Gasteiger charge is -2.28. The van der Waals surface area contributed by atoms with Crippen molar-refractivity contribution in [3.05, 3.63) is 35.4 Å². The smallest absolute Gasteiger partial charge is 0.237 e. The molecule has 116 valence electrons. The molecule has 1 amide bonds. The van der Waals surface area contributed by atoms with Gasteiger partial charge in [0.1, 0.15) is 0 Å². The van der Waals surface area contributed by atoms with Crippen LogP contribution in [0, 0.1) is 5.92 Å². The van der Waals surface area contributed by atoms with E-state index in [-0.39, 0.29) is 11.9 Å². The molecule has 0 saturated carbocycles. The predicted molar refractivity (Wildman–Crippen MR) is 83.8 cm³/mol. The van der Waals surface area contributed by atoms with Gasteiger partial charge in [-0.3, -0.25) is 4.79 Å². The fraction of sp³-hybridized carbons (Fsp3) is 0.588. The largest absolute Gasteiger partial charge is 0.380 e. The van der Waals surface area contributed by atoms with Crippen LogP contribution in [0.15, 0.2) is 24.3 Å². The minimum absolute atomic E-state index is 0.0433. The van der Waals surface area contributed by atoms with E-state index in [9.17, 15) is 4.79 Å². The van der Waals surface area contributed by atoms with Crippen LogP contribution in [0.3, 0.4) is 0 Å². The van der Waals surface area contributed by atoms with E-state index in [1.54, 1.807) is 7.11 Å². The molecule has 0 radical (unpaired) electrons. The van der Waals surface area contributed by atoms with Gasteiger partial charge in [-0.25, -0.2) is 0 Å². The second-order valence-corrected chi connectivity index (χ2v) is 5.72. The predicted octanol–water partition coefficient (Wildman–Crippen LogP) is 2.23. The number of rotatable bonds is 6. The van der Waals surface area contributed by atoms with E-state index in [4.69, 9.17) is 4.74 Å². The van der Waals surface area contributed by atoms with Crippen LogP contribution in [0.2, 0.25) is 0 Å². The van der Waals surface area contributed by atoms with Crippen LogP contribution in [-0.2, 0) is 22.7 Å². The summed E-state index contributed by atoms with van der Waals surface area (Å²) in [6.45, 7) is 4.28. The average Bonchev–Trinajstić information content (AvgIpc) is 2.54. The standard InChI is InChI=1S/C17H26N2O2/c1-3-13-8-9-18-16(10-13)17(20)19-11-14-6-4-5-7-15(14)12-21-2/h4-7,13,16,18H,3,8-12H2,1-2H3,(H,19,20). The highest BCUT2D eigenvalue weighted by molar-refractivity contribution is 5.81. The lowest BCUT2D eigenvalue weighted by molar-refractivity contribution is -0.124. The summed E-state index contributed by atoms with van der Waals surface area (Å²) in [5.74, 6) is 0.781. The van der Waals surface area contributed by atoms with Gasteiger partial charge in [-0.1, -0.05) is 37.6 Å². The van der Waals surface area contributed by atoms with Gasteiger partial charge in [-0.2, -0.15) is 0 Å². The zero-order chi connectivity index (χ0) is 15.1. The van der Waals surface area contributed by atoms with Gasteiger partial charge < -0.3 is 15.4 Å².